The van der Waals surface area contributed by atoms with Crippen molar-refractivity contribution in [2.24, 2.45) is 11.7 Å². The number of carbonyl (C=O) groups is 2. The lowest BCUT2D eigenvalue weighted by molar-refractivity contribution is -0.139. The summed E-state index contributed by atoms with van der Waals surface area (Å²) in [5.74, 6) is -1.90. The standard InChI is InChI=1S/C11H18F3N3O3/c12-11(13,14)6-16-8-1-7(2-10(19)20)3-17(4-8)5-9(15)18/h7-8,16H,1-6H2,(H2,15,18)(H,19,20). The summed E-state index contributed by atoms with van der Waals surface area (Å²) in [6.45, 7) is -0.628. The molecule has 0 aliphatic carbocycles. The smallest absolute Gasteiger partial charge is 0.401 e. The molecule has 9 heteroatoms. The maximum atomic E-state index is 12.2. The number of aliphatic carboxylic acids is 1. The van der Waals surface area contributed by atoms with Gasteiger partial charge in [0.15, 0.2) is 0 Å². The van der Waals surface area contributed by atoms with Gasteiger partial charge >= 0.3 is 12.1 Å². The highest BCUT2D eigenvalue weighted by molar-refractivity contribution is 5.76. The van der Waals surface area contributed by atoms with Gasteiger partial charge in [0, 0.05) is 25.6 Å². The van der Waals surface area contributed by atoms with Crippen LogP contribution >= 0.6 is 0 Å². The fraction of sp³-hybridized carbons (Fsp3) is 0.818. The minimum Gasteiger partial charge on any atom is -0.481 e. The van der Waals surface area contributed by atoms with Gasteiger partial charge in [0.05, 0.1) is 13.1 Å². The number of primary amides is 1. The fourth-order valence-electron chi connectivity index (χ4n) is 2.46. The Balaban J connectivity index is 2.59. The van der Waals surface area contributed by atoms with Crippen molar-refractivity contribution >= 4 is 11.9 Å². The van der Waals surface area contributed by atoms with Crippen LogP contribution in [0.2, 0.25) is 0 Å². The molecular weight excluding hydrogens is 279 g/mol. The van der Waals surface area contributed by atoms with Gasteiger partial charge in [-0.25, -0.2) is 0 Å². The molecule has 1 heterocycles. The number of amides is 1. The number of rotatable bonds is 6. The summed E-state index contributed by atoms with van der Waals surface area (Å²) in [6.07, 6.45) is -4.13. The molecule has 0 aromatic rings. The molecule has 2 unspecified atom stereocenters. The Hall–Kier alpha value is -1.35. The Kier molecular flexibility index (Phi) is 5.75. The lowest BCUT2D eigenvalue weighted by atomic mass is 9.91. The monoisotopic (exact) mass is 297 g/mol. The molecule has 6 nitrogen and oxygen atoms in total. The number of carboxylic acid groups (broad SMARTS) is 1. The molecule has 20 heavy (non-hydrogen) atoms. The zero-order chi connectivity index (χ0) is 15.3. The molecule has 0 aromatic carbocycles. The van der Waals surface area contributed by atoms with Crippen molar-refractivity contribution in [2.45, 2.75) is 25.1 Å². The molecule has 0 radical (unpaired) electrons. The summed E-state index contributed by atoms with van der Waals surface area (Å²) in [5.41, 5.74) is 5.06. The molecule has 116 valence electrons. The van der Waals surface area contributed by atoms with Crippen LogP contribution in [-0.2, 0) is 9.59 Å². The minimum absolute atomic E-state index is 0.0830. The lowest BCUT2D eigenvalue weighted by Crippen LogP contribution is -2.53. The third-order valence-corrected chi connectivity index (χ3v) is 3.05. The van der Waals surface area contributed by atoms with Crippen molar-refractivity contribution in [3.8, 4) is 0 Å². The van der Waals surface area contributed by atoms with E-state index in [-0.39, 0.29) is 25.4 Å². The minimum atomic E-state index is -4.33. The van der Waals surface area contributed by atoms with Crippen LogP contribution in [0.5, 0.6) is 0 Å². The summed E-state index contributed by atoms with van der Waals surface area (Å²) in [6, 6.07) is -0.505. The van der Waals surface area contributed by atoms with Gasteiger partial charge in [-0.3, -0.25) is 14.5 Å². The molecule has 1 rings (SSSR count). The van der Waals surface area contributed by atoms with E-state index in [0.29, 0.717) is 13.0 Å². The van der Waals surface area contributed by atoms with Crippen LogP contribution < -0.4 is 11.1 Å². The normalized spacial score (nSPS) is 24.6. The highest BCUT2D eigenvalue weighted by Gasteiger charge is 2.33. The van der Waals surface area contributed by atoms with Gasteiger partial charge < -0.3 is 16.2 Å². The Labute approximate surface area is 114 Å². The van der Waals surface area contributed by atoms with E-state index in [9.17, 15) is 22.8 Å². The average Bonchev–Trinajstić information content (AvgIpc) is 2.23. The van der Waals surface area contributed by atoms with Gasteiger partial charge in [0.2, 0.25) is 5.91 Å². The van der Waals surface area contributed by atoms with Gasteiger partial charge in [-0.05, 0) is 12.3 Å². The van der Waals surface area contributed by atoms with Crippen molar-refractivity contribution in [1.82, 2.24) is 10.2 Å². The third-order valence-electron chi connectivity index (χ3n) is 3.05. The zero-order valence-electron chi connectivity index (χ0n) is 10.8. The fourth-order valence-corrected chi connectivity index (χ4v) is 2.46. The molecule has 0 spiro atoms. The van der Waals surface area contributed by atoms with Crippen LogP contribution in [0, 0.1) is 5.92 Å². The molecule has 1 aliphatic rings. The topological polar surface area (TPSA) is 95.7 Å². The second-order valence-electron chi connectivity index (χ2n) is 5.05. The first-order chi connectivity index (χ1) is 9.15. The predicted octanol–water partition coefficient (Wildman–Crippen LogP) is -0.211. The van der Waals surface area contributed by atoms with Gasteiger partial charge in [0.25, 0.3) is 0 Å². The molecule has 4 N–H and O–H groups in total. The van der Waals surface area contributed by atoms with E-state index < -0.39 is 30.6 Å². The lowest BCUT2D eigenvalue weighted by Gasteiger charge is -2.37. The first-order valence-corrected chi connectivity index (χ1v) is 6.18. The number of nitrogens with one attached hydrogen (secondary N) is 1. The van der Waals surface area contributed by atoms with Crippen molar-refractivity contribution in [3.63, 3.8) is 0 Å². The average molecular weight is 297 g/mol. The second kappa shape index (κ2) is 6.89. The Morgan fingerprint density at radius 3 is 2.50 bits per heavy atom. The summed E-state index contributed by atoms with van der Waals surface area (Å²) in [5, 5.41) is 11.1. The molecule has 0 bridgehead atoms. The molecule has 0 aromatic heterocycles. The Morgan fingerprint density at radius 1 is 1.35 bits per heavy atom. The maximum absolute atomic E-state index is 12.2. The van der Waals surface area contributed by atoms with Crippen LogP contribution in [0.3, 0.4) is 0 Å². The predicted molar refractivity (Wildman–Crippen MR) is 63.8 cm³/mol. The van der Waals surface area contributed by atoms with Gasteiger partial charge in [-0.2, -0.15) is 13.2 Å². The Bertz CT molecular complexity index is 339. The van der Waals surface area contributed by atoms with E-state index in [1.54, 1.807) is 4.90 Å². The van der Waals surface area contributed by atoms with Crippen molar-refractivity contribution in [1.29, 1.82) is 0 Å². The van der Waals surface area contributed by atoms with E-state index >= 15 is 0 Å². The second-order valence-corrected chi connectivity index (χ2v) is 5.05. The molecule has 1 saturated heterocycles. The van der Waals surface area contributed by atoms with Gasteiger partial charge in [0.1, 0.15) is 0 Å². The van der Waals surface area contributed by atoms with Crippen molar-refractivity contribution < 1.29 is 27.9 Å². The van der Waals surface area contributed by atoms with Crippen LogP contribution in [0.1, 0.15) is 12.8 Å². The quantitative estimate of drug-likeness (QED) is 0.630. The van der Waals surface area contributed by atoms with Crippen LogP contribution in [0.25, 0.3) is 0 Å². The number of hydrogen-bond donors (Lipinski definition) is 3. The number of likely N-dealkylation sites (tertiary alicyclic amines) is 1. The highest BCUT2D eigenvalue weighted by atomic mass is 19.4. The van der Waals surface area contributed by atoms with Crippen LogP contribution in [0.4, 0.5) is 13.2 Å². The van der Waals surface area contributed by atoms with Crippen LogP contribution in [-0.4, -0.2) is 60.3 Å². The first-order valence-electron chi connectivity index (χ1n) is 6.18. The number of alkyl halides is 3. The maximum Gasteiger partial charge on any atom is 0.401 e. The largest absolute Gasteiger partial charge is 0.481 e. The number of hydrogen-bond acceptors (Lipinski definition) is 4. The number of carbonyl (C=O) groups excluding carboxylic acids is 1. The van der Waals surface area contributed by atoms with Gasteiger partial charge in [-0.15, -0.1) is 0 Å². The van der Waals surface area contributed by atoms with E-state index in [0.717, 1.165) is 0 Å². The summed E-state index contributed by atoms with van der Waals surface area (Å²) >= 11 is 0. The summed E-state index contributed by atoms with van der Waals surface area (Å²) < 4.78 is 36.5. The number of carboxylic acids is 1. The molecule has 1 aliphatic heterocycles. The number of nitrogens with zero attached hydrogens (tertiary/aromatic N) is 1. The highest BCUT2D eigenvalue weighted by Crippen LogP contribution is 2.21. The van der Waals surface area contributed by atoms with Gasteiger partial charge in [-0.1, -0.05) is 0 Å². The molecule has 2 atom stereocenters. The Morgan fingerprint density at radius 2 is 2.00 bits per heavy atom. The zero-order valence-corrected chi connectivity index (χ0v) is 10.8. The molecular formula is C11H18F3N3O3. The third kappa shape index (κ3) is 6.71. The molecule has 1 amide bonds. The van der Waals surface area contributed by atoms with E-state index in [1.165, 1.54) is 0 Å². The van der Waals surface area contributed by atoms with Crippen molar-refractivity contribution in [3.05, 3.63) is 0 Å². The van der Waals surface area contributed by atoms with Crippen LogP contribution in [0.15, 0.2) is 0 Å². The van der Waals surface area contributed by atoms with E-state index in [4.69, 9.17) is 10.8 Å². The summed E-state index contributed by atoms with van der Waals surface area (Å²) in [7, 11) is 0. The molecule has 1 fully saturated rings. The number of halogens is 3. The summed E-state index contributed by atoms with van der Waals surface area (Å²) in [4.78, 5) is 23.2. The molecule has 0 saturated carbocycles. The van der Waals surface area contributed by atoms with E-state index in [2.05, 4.69) is 5.32 Å². The van der Waals surface area contributed by atoms with Crippen molar-refractivity contribution in [2.75, 3.05) is 26.2 Å². The number of piperidine rings is 1. The SMILES string of the molecule is NC(=O)CN1CC(CC(=O)O)CC(NCC(F)(F)F)C1. The van der Waals surface area contributed by atoms with E-state index in [1.807, 2.05) is 0 Å². The first kappa shape index (κ1) is 16.7. The number of nitrogens with two attached hydrogens (primary N) is 1.